The molecule has 48 valence electrons. The molecule has 0 aliphatic carbocycles. The molecule has 10 heavy (non-hydrogen) atoms. The van der Waals surface area contributed by atoms with Crippen molar-refractivity contribution in [3.63, 3.8) is 0 Å². The summed E-state index contributed by atoms with van der Waals surface area (Å²) >= 11 is 5.62. The first-order valence-corrected chi connectivity index (χ1v) is 2.79. The van der Waals surface area contributed by atoms with Gasteiger partial charge in [-0.2, -0.15) is 6.07 Å². The molecule has 0 aromatic carbocycles. The maximum atomic E-state index is 5.62. The summed E-state index contributed by atoms with van der Waals surface area (Å²) in [6.07, 6.45) is 2.59. The second-order valence-electron chi connectivity index (χ2n) is 1.43. The van der Waals surface area contributed by atoms with Crippen molar-refractivity contribution < 1.29 is 56.1 Å². The van der Waals surface area contributed by atoms with Crippen LogP contribution in [0.5, 0.6) is 5.88 Å². The predicted molar refractivity (Wildman–Crippen MR) is 34.6 cm³/mol. The maximum absolute atomic E-state index is 5.62. The normalized spacial score (nSPS) is 8.20. The first-order valence-electron chi connectivity index (χ1n) is 2.41. The topological polar surface area (TPSA) is 22.1 Å². The summed E-state index contributed by atoms with van der Waals surface area (Å²) in [4.78, 5) is 3.72. The first-order chi connectivity index (χ1) is 4.34. The van der Waals surface area contributed by atoms with Gasteiger partial charge in [-0.1, -0.05) is 6.20 Å². The Bertz CT molecular complexity index is 207. The van der Waals surface area contributed by atoms with Gasteiger partial charge >= 0.3 is 51.4 Å². The Kier molecular flexibility index (Phi) is 6.00. The fourth-order valence-electron chi connectivity index (χ4n) is 0.474. The molecular formula is C6H5ClKNO. The van der Waals surface area contributed by atoms with E-state index >= 15 is 0 Å². The van der Waals surface area contributed by atoms with E-state index in [4.69, 9.17) is 16.3 Å². The van der Waals surface area contributed by atoms with Crippen LogP contribution in [0.25, 0.3) is 0 Å². The predicted octanol–water partition coefficient (Wildman–Crippen LogP) is -1.45. The average molecular weight is 182 g/mol. The Morgan fingerprint density at radius 3 is 2.80 bits per heavy atom. The number of nitrogens with zero attached hydrogens (tertiary/aromatic N) is 1. The summed E-state index contributed by atoms with van der Waals surface area (Å²) in [6.45, 7) is 0. The molecule has 0 aliphatic rings. The molecule has 0 spiro atoms. The molecule has 0 unspecified atom stereocenters. The molecule has 4 heteroatoms. The molecule has 0 amide bonds. The van der Waals surface area contributed by atoms with Crippen LogP contribution in [0.3, 0.4) is 0 Å². The fourth-order valence-corrected chi connectivity index (χ4v) is 0.657. The standard InChI is InChI=1S/C6H5ClNO.K/c1-9-6-5(7)3-2-4-8-6;/h2-3H,1H3;/q-1;+1. The van der Waals surface area contributed by atoms with E-state index in [1.807, 2.05) is 0 Å². The Morgan fingerprint density at radius 1 is 1.70 bits per heavy atom. The second-order valence-corrected chi connectivity index (χ2v) is 1.84. The van der Waals surface area contributed by atoms with Crippen LogP contribution in [0.15, 0.2) is 12.1 Å². The largest absolute Gasteiger partial charge is 1.00 e. The average Bonchev–Trinajstić information content (AvgIpc) is 1.89. The van der Waals surface area contributed by atoms with Crippen molar-refractivity contribution in [1.29, 1.82) is 0 Å². The zero-order chi connectivity index (χ0) is 6.69. The zero-order valence-corrected chi connectivity index (χ0v) is 9.77. The van der Waals surface area contributed by atoms with Gasteiger partial charge in [-0.05, 0) is 5.02 Å². The number of pyridine rings is 1. The van der Waals surface area contributed by atoms with Gasteiger partial charge in [-0.15, -0.1) is 17.7 Å². The van der Waals surface area contributed by atoms with Crippen molar-refractivity contribution in [3.8, 4) is 5.88 Å². The van der Waals surface area contributed by atoms with Gasteiger partial charge in [0.2, 0.25) is 0 Å². The van der Waals surface area contributed by atoms with Gasteiger partial charge in [-0.25, -0.2) is 0 Å². The van der Waals surface area contributed by atoms with Crippen molar-refractivity contribution >= 4 is 11.6 Å². The van der Waals surface area contributed by atoms with Gasteiger partial charge in [0, 0.05) is 0 Å². The molecule has 0 radical (unpaired) electrons. The third-order valence-corrected chi connectivity index (χ3v) is 1.16. The molecule has 0 aliphatic heterocycles. The van der Waals surface area contributed by atoms with Gasteiger partial charge in [-0.3, -0.25) is 0 Å². The molecule has 2 nitrogen and oxygen atoms in total. The van der Waals surface area contributed by atoms with Gasteiger partial charge in [0.25, 0.3) is 0 Å². The van der Waals surface area contributed by atoms with Gasteiger partial charge in [0.1, 0.15) is 5.88 Å². The monoisotopic (exact) mass is 181 g/mol. The molecule has 1 heterocycles. The second kappa shape index (κ2) is 5.52. The van der Waals surface area contributed by atoms with E-state index in [1.54, 1.807) is 12.1 Å². The van der Waals surface area contributed by atoms with Crippen molar-refractivity contribution in [2.24, 2.45) is 0 Å². The number of methoxy groups -OCH3 is 1. The Labute approximate surface area is 107 Å². The Hall–Kier alpha value is 0.876. The summed E-state index contributed by atoms with van der Waals surface area (Å²) in [5.41, 5.74) is 0. The Balaban J connectivity index is 0.000000810. The summed E-state index contributed by atoms with van der Waals surface area (Å²) in [7, 11) is 1.52. The van der Waals surface area contributed by atoms with Crippen LogP contribution < -0.4 is 56.1 Å². The van der Waals surface area contributed by atoms with Crippen molar-refractivity contribution in [1.82, 2.24) is 4.98 Å². The molecule has 0 bridgehead atoms. The Morgan fingerprint density at radius 2 is 2.40 bits per heavy atom. The van der Waals surface area contributed by atoms with Crippen LogP contribution in [-0.2, 0) is 0 Å². The van der Waals surface area contributed by atoms with Crippen LogP contribution in [0.2, 0.25) is 5.02 Å². The van der Waals surface area contributed by atoms with Crippen LogP contribution in [0.1, 0.15) is 0 Å². The van der Waals surface area contributed by atoms with Crippen molar-refractivity contribution in [2.45, 2.75) is 0 Å². The smallest absolute Gasteiger partial charge is 0.537 e. The molecule has 0 saturated carbocycles. The van der Waals surface area contributed by atoms with E-state index in [0.29, 0.717) is 10.9 Å². The molecule has 0 atom stereocenters. The maximum Gasteiger partial charge on any atom is 1.00 e. The van der Waals surface area contributed by atoms with E-state index < -0.39 is 0 Å². The molecule has 1 aromatic heterocycles. The van der Waals surface area contributed by atoms with Crippen LogP contribution in [0, 0.1) is 6.20 Å². The van der Waals surface area contributed by atoms with E-state index in [2.05, 4.69) is 11.2 Å². The zero-order valence-electron chi connectivity index (χ0n) is 5.89. The van der Waals surface area contributed by atoms with E-state index in [9.17, 15) is 0 Å². The number of aromatic nitrogens is 1. The molecule has 1 rings (SSSR count). The summed E-state index contributed by atoms with van der Waals surface area (Å²) in [5.74, 6) is 0.416. The van der Waals surface area contributed by atoms with Crippen LogP contribution in [-0.4, -0.2) is 12.1 Å². The molecule has 0 saturated heterocycles. The van der Waals surface area contributed by atoms with Gasteiger partial charge in [0.15, 0.2) is 0 Å². The summed E-state index contributed by atoms with van der Waals surface area (Å²) < 4.78 is 4.77. The fraction of sp³-hybridized carbons (Fsp3) is 0.167. The number of hydrogen-bond acceptors (Lipinski definition) is 2. The van der Waals surface area contributed by atoms with Gasteiger partial charge in [0.05, 0.1) is 7.11 Å². The third kappa shape index (κ3) is 2.86. The van der Waals surface area contributed by atoms with E-state index in [0.717, 1.165) is 0 Å². The third-order valence-electron chi connectivity index (χ3n) is 0.868. The summed E-state index contributed by atoms with van der Waals surface area (Å²) in [5, 5.41) is 0.510. The number of hydrogen-bond donors (Lipinski definition) is 0. The van der Waals surface area contributed by atoms with Crippen molar-refractivity contribution in [2.75, 3.05) is 7.11 Å². The number of rotatable bonds is 1. The summed E-state index contributed by atoms with van der Waals surface area (Å²) in [6, 6.07) is 3.30. The number of ether oxygens (including phenoxy) is 1. The SMILES string of the molecule is COc1n[c-]ccc1Cl.[K+]. The molecular weight excluding hydrogens is 177 g/mol. The van der Waals surface area contributed by atoms with Crippen LogP contribution >= 0.6 is 11.6 Å². The first kappa shape index (κ1) is 10.9. The minimum Gasteiger partial charge on any atom is -0.537 e. The quantitative estimate of drug-likeness (QED) is 0.391. The van der Waals surface area contributed by atoms with E-state index in [1.165, 1.54) is 7.11 Å². The number of halogens is 1. The minimum atomic E-state index is 0. The van der Waals surface area contributed by atoms with Crippen LogP contribution in [0.4, 0.5) is 0 Å². The van der Waals surface area contributed by atoms with Crippen molar-refractivity contribution in [3.05, 3.63) is 23.4 Å². The molecule has 0 fully saturated rings. The van der Waals surface area contributed by atoms with Gasteiger partial charge < -0.3 is 9.72 Å². The van der Waals surface area contributed by atoms with E-state index in [-0.39, 0.29) is 51.4 Å². The molecule has 1 aromatic rings. The minimum absolute atomic E-state index is 0. The molecule has 0 N–H and O–H groups in total.